The van der Waals surface area contributed by atoms with Crippen LogP contribution in [0.1, 0.15) is 27.8 Å². The molecule has 3 aromatic rings. The van der Waals surface area contributed by atoms with E-state index in [0.29, 0.717) is 5.56 Å². The fourth-order valence-corrected chi connectivity index (χ4v) is 2.46. The number of hydrogen-bond donors (Lipinski definition) is 1. The first-order chi connectivity index (χ1) is 11.7. The number of aryl methyl sites for hydroxylation is 1. The van der Waals surface area contributed by atoms with Gasteiger partial charge in [-0.25, -0.2) is 4.98 Å². The molecular formula is C18H18N4O2. The van der Waals surface area contributed by atoms with Crippen LogP contribution in [0.25, 0.3) is 0 Å². The number of nitrogens with zero attached hydrogens (tertiary/aromatic N) is 3. The highest BCUT2D eigenvalue weighted by molar-refractivity contribution is 5.94. The van der Waals surface area contributed by atoms with Gasteiger partial charge in [0.05, 0.1) is 12.7 Å². The summed E-state index contributed by atoms with van der Waals surface area (Å²) in [6, 6.07) is 10.7. The fourth-order valence-electron chi connectivity index (χ4n) is 2.46. The molecule has 0 saturated carbocycles. The molecule has 1 atom stereocenters. The molecule has 24 heavy (non-hydrogen) atoms. The number of carbonyl (C=O) groups is 1. The Labute approximate surface area is 140 Å². The molecule has 0 fully saturated rings. The molecule has 6 nitrogen and oxygen atoms in total. The molecule has 0 unspecified atom stereocenters. The number of amides is 1. The van der Waals surface area contributed by atoms with E-state index in [4.69, 9.17) is 4.74 Å². The number of carbonyl (C=O) groups excluding carboxylic acids is 1. The lowest BCUT2D eigenvalue weighted by atomic mass is 10.1. The van der Waals surface area contributed by atoms with Gasteiger partial charge in [0, 0.05) is 31.8 Å². The van der Waals surface area contributed by atoms with Gasteiger partial charge in [-0.15, -0.1) is 0 Å². The number of nitrogens with one attached hydrogen (secondary N) is 1. The number of ether oxygens (including phenoxy) is 1. The van der Waals surface area contributed by atoms with Crippen molar-refractivity contribution in [2.75, 3.05) is 7.11 Å². The zero-order valence-electron chi connectivity index (χ0n) is 13.5. The number of rotatable bonds is 5. The van der Waals surface area contributed by atoms with E-state index < -0.39 is 0 Å². The molecule has 2 heterocycles. The van der Waals surface area contributed by atoms with Crippen LogP contribution < -0.4 is 10.1 Å². The van der Waals surface area contributed by atoms with E-state index in [0.717, 1.165) is 17.1 Å². The zero-order valence-corrected chi connectivity index (χ0v) is 13.5. The molecule has 0 aliphatic rings. The van der Waals surface area contributed by atoms with Crippen LogP contribution in [0, 0.1) is 0 Å². The molecule has 6 heteroatoms. The van der Waals surface area contributed by atoms with Crippen molar-refractivity contribution in [3.05, 3.63) is 78.1 Å². The van der Waals surface area contributed by atoms with Gasteiger partial charge in [-0.3, -0.25) is 9.78 Å². The third-order valence-electron chi connectivity index (χ3n) is 3.76. The Balaban J connectivity index is 1.93. The van der Waals surface area contributed by atoms with Crippen LogP contribution in [0.2, 0.25) is 0 Å². The summed E-state index contributed by atoms with van der Waals surface area (Å²) in [5.74, 6) is 1.31. The molecule has 122 valence electrons. The van der Waals surface area contributed by atoms with E-state index in [1.165, 1.54) is 0 Å². The quantitative estimate of drug-likeness (QED) is 0.783. The first kappa shape index (κ1) is 15.7. The van der Waals surface area contributed by atoms with Gasteiger partial charge >= 0.3 is 0 Å². The van der Waals surface area contributed by atoms with Crippen molar-refractivity contribution in [3.8, 4) is 5.75 Å². The Morgan fingerprint density at radius 1 is 1.21 bits per heavy atom. The average Bonchev–Trinajstić information content (AvgIpc) is 3.06. The van der Waals surface area contributed by atoms with Gasteiger partial charge in [-0.05, 0) is 29.8 Å². The molecule has 1 N–H and O–H groups in total. The van der Waals surface area contributed by atoms with E-state index in [9.17, 15) is 4.79 Å². The van der Waals surface area contributed by atoms with Crippen LogP contribution in [-0.4, -0.2) is 27.6 Å². The highest BCUT2D eigenvalue weighted by Crippen LogP contribution is 2.23. The third-order valence-corrected chi connectivity index (χ3v) is 3.76. The van der Waals surface area contributed by atoms with Crippen LogP contribution in [0.15, 0.2) is 61.2 Å². The van der Waals surface area contributed by atoms with Gasteiger partial charge in [-0.2, -0.15) is 0 Å². The summed E-state index contributed by atoms with van der Waals surface area (Å²) in [6.07, 6.45) is 6.74. The van der Waals surface area contributed by atoms with Crippen molar-refractivity contribution in [2.24, 2.45) is 7.05 Å². The largest absolute Gasteiger partial charge is 0.497 e. The maximum Gasteiger partial charge on any atom is 0.253 e. The summed E-state index contributed by atoms with van der Waals surface area (Å²) in [4.78, 5) is 20.9. The first-order valence-corrected chi connectivity index (χ1v) is 7.51. The minimum absolute atomic E-state index is 0.202. The molecular weight excluding hydrogens is 304 g/mol. The van der Waals surface area contributed by atoms with E-state index in [1.54, 1.807) is 37.8 Å². The lowest BCUT2D eigenvalue weighted by Gasteiger charge is -2.19. The highest BCUT2D eigenvalue weighted by Gasteiger charge is 2.21. The maximum absolute atomic E-state index is 12.5. The van der Waals surface area contributed by atoms with E-state index in [2.05, 4.69) is 15.3 Å². The Morgan fingerprint density at radius 3 is 2.58 bits per heavy atom. The summed E-state index contributed by atoms with van der Waals surface area (Å²) in [5, 5.41) is 3.03. The van der Waals surface area contributed by atoms with Crippen molar-refractivity contribution < 1.29 is 9.53 Å². The Morgan fingerprint density at radius 2 is 2.00 bits per heavy atom. The van der Waals surface area contributed by atoms with Crippen LogP contribution in [-0.2, 0) is 7.05 Å². The molecule has 2 aromatic heterocycles. The van der Waals surface area contributed by atoms with Crippen LogP contribution in [0.5, 0.6) is 5.75 Å². The molecule has 1 aromatic carbocycles. The second kappa shape index (κ2) is 6.95. The summed E-state index contributed by atoms with van der Waals surface area (Å²) in [5.41, 5.74) is 1.42. The monoisotopic (exact) mass is 322 g/mol. The Bertz CT molecular complexity index is 813. The Kier molecular flexibility index (Phi) is 4.56. The molecule has 1 amide bonds. The third kappa shape index (κ3) is 3.27. The van der Waals surface area contributed by atoms with Crippen LogP contribution >= 0.6 is 0 Å². The first-order valence-electron chi connectivity index (χ1n) is 7.51. The normalized spacial score (nSPS) is 11.8. The molecule has 0 aliphatic carbocycles. The number of benzene rings is 1. The fraction of sp³-hybridized carbons (Fsp3) is 0.167. The summed E-state index contributed by atoms with van der Waals surface area (Å²) >= 11 is 0. The van der Waals surface area contributed by atoms with Gasteiger partial charge < -0.3 is 14.6 Å². The van der Waals surface area contributed by atoms with Crippen molar-refractivity contribution in [3.63, 3.8) is 0 Å². The summed E-state index contributed by atoms with van der Waals surface area (Å²) in [6.45, 7) is 0. The van der Waals surface area contributed by atoms with Gasteiger partial charge in [0.25, 0.3) is 5.91 Å². The van der Waals surface area contributed by atoms with Gasteiger partial charge in [0.1, 0.15) is 17.6 Å². The number of aromatic nitrogens is 3. The molecule has 0 saturated heterocycles. The number of pyridine rings is 1. The van der Waals surface area contributed by atoms with Crippen molar-refractivity contribution in [1.29, 1.82) is 0 Å². The summed E-state index contributed by atoms with van der Waals surface area (Å²) < 4.78 is 7.08. The lowest BCUT2D eigenvalue weighted by molar-refractivity contribution is 0.0941. The molecule has 0 aliphatic heterocycles. The van der Waals surface area contributed by atoms with E-state index >= 15 is 0 Å². The molecule has 0 radical (unpaired) electrons. The van der Waals surface area contributed by atoms with E-state index in [-0.39, 0.29) is 11.9 Å². The topological polar surface area (TPSA) is 69.0 Å². The van der Waals surface area contributed by atoms with Crippen molar-refractivity contribution >= 4 is 5.91 Å². The van der Waals surface area contributed by atoms with Gasteiger partial charge in [-0.1, -0.05) is 12.1 Å². The smallest absolute Gasteiger partial charge is 0.253 e. The molecule has 0 bridgehead atoms. The van der Waals surface area contributed by atoms with Crippen LogP contribution in [0.3, 0.4) is 0 Å². The second-order valence-corrected chi connectivity index (χ2v) is 5.32. The van der Waals surface area contributed by atoms with Crippen molar-refractivity contribution in [2.45, 2.75) is 6.04 Å². The lowest BCUT2D eigenvalue weighted by Crippen LogP contribution is -2.31. The SMILES string of the molecule is COc1ccc([C@H](NC(=O)c2cccnc2)c2nccn2C)cc1. The van der Waals surface area contributed by atoms with Gasteiger partial charge in [0.15, 0.2) is 0 Å². The predicted octanol–water partition coefficient (Wildman–Crippen LogP) is 2.34. The standard InChI is InChI=1S/C18H18N4O2/c1-22-11-10-20-17(22)16(13-5-7-15(24-2)8-6-13)21-18(23)14-4-3-9-19-12-14/h3-12,16H,1-2H3,(H,21,23)/t16-/m0/s1. The number of methoxy groups -OCH3 is 1. The number of hydrogen-bond acceptors (Lipinski definition) is 4. The molecule has 3 rings (SSSR count). The van der Waals surface area contributed by atoms with Crippen LogP contribution in [0.4, 0.5) is 0 Å². The van der Waals surface area contributed by atoms with E-state index in [1.807, 2.05) is 42.1 Å². The maximum atomic E-state index is 12.5. The number of imidazole rings is 1. The average molecular weight is 322 g/mol. The minimum Gasteiger partial charge on any atom is -0.497 e. The highest BCUT2D eigenvalue weighted by atomic mass is 16.5. The van der Waals surface area contributed by atoms with Gasteiger partial charge in [0.2, 0.25) is 0 Å². The Hall–Kier alpha value is -3.15. The molecule has 0 spiro atoms. The zero-order chi connectivity index (χ0) is 16.9. The second-order valence-electron chi connectivity index (χ2n) is 5.32. The minimum atomic E-state index is -0.372. The van der Waals surface area contributed by atoms with Crippen molar-refractivity contribution in [1.82, 2.24) is 19.9 Å². The predicted molar refractivity (Wildman–Crippen MR) is 89.7 cm³/mol. The summed E-state index contributed by atoms with van der Waals surface area (Å²) in [7, 11) is 3.52.